The summed E-state index contributed by atoms with van der Waals surface area (Å²) < 4.78 is 18.7. The Morgan fingerprint density at radius 1 is 1.20 bits per heavy atom. The maximum Gasteiger partial charge on any atom is 0.290 e. The van der Waals surface area contributed by atoms with Crippen molar-refractivity contribution in [2.24, 2.45) is 5.92 Å². The maximum absolute atomic E-state index is 13.4. The number of amides is 1. The Bertz CT molecular complexity index is 743. The van der Waals surface area contributed by atoms with E-state index in [2.05, 4.69) is 0 Å². The molecule has 2 fully saturated rings. The van der Waals surface area contributed by atoms with Crippen LogP contribution >= 0.6 is 0 Å². The van der Waals surface area contributed by atoms with Crippen molar-refractivity contribution in [1.82, 2.24) is 4.90 Å². The van der Waals surface area contributed by atoms with E-state index in [9.17, 15) is 14.3 Å². The summed E-state index contributed by atoms with van der Waals surface area (Å²) in [6.07, 6.45) is 5.73. The molecule has 3 atom stereocenters. The molecule has 0 unspecified atom stereocenters. The summed E-state index contributed by atoms with van der Waals surface area (Å²) in [6.45, 7) is 0.467. The van der Waals surface area contributed by atoms with Gasteiger partial charge in [0.1, 0.15) is 5.82 Å². The molecule has 2 heterocycles. The molecular formula is C20H22FNO3. The van der Waals surface area contributed by atoms with Gasteiger partial charge < -0.3 is 14.4 Å². The highest BCUT2D eigenvalue weighted by molar-refractivity contribution is 5.91. The van der Waals surface area contributed by atoms with Gasteiger partial charge in [-0.25, -0.2) is 4.39 Å². The number of likely N-dealkylation sites (tertiary alicyclic amines) is 1. The number of carbonyl (C=O) groups is 1. The molecular weight excluding hydrogens is 321 g/mol. The standard InChI is InChI=1S/C20H22FNO3/c21-15-8-6-14(7-9-15)18-16-4-1-2-10-20(16,24)11-12-22(18)19(23)17-5-3-13-25-17/h3,5-9,13,16,18,24H,1-2,4,10-12H2/t16-,18+,20+/m0/s1. The summed E-state index contributed by atoms with van der Waals surface area (Å²) in [7, 11) is 0. The highest BCUT2D eigenvalue weighted by Crippen LogP contribution is 2.49. The Morgan fingerprint density at radius 3 is 2.72 bits per heavy atom. The van der Waals surface area contributed by atoms with E-state index in [0.29, 0.717) is 18.7 Å². The van der Waals surface area contributed by atoms with E-state index in [1.165, 1.54) is 18.4 Å². The number of aliphatic hydroxyl groups is 1. The van der Waals surface area contributed by atoms with Crippen molar-refractivity contribution in [2.75, 3.05) is 6.54 Å². The topological polar surface area (TPSA) is 53.7 Å². The predicted molar refractivity (Wildman–Crippen MR) is 90.4 cm³/mol. The average Bonchev–Trinajstić information content (AvgIpc) is 3.15. The molecule has 0 bridgehead atoms. The van der Waals surface area contributed by atoms with Crippen molar-refractivity contribution >= 4 is 5.91 Å². The van der Waals surface area contributed by atoms with Crippen LogP contribution in [0.1, 0.15) is 54.3 Å². The quantitative estimate of drug-likeness (QED) is 0.899. The minimum Gasteiger partial charge on any atom is -0.459 e. The molecule has 1 N–H and O–H groups in total. The Hall–Kier alpha value is -2.14. The molecule has 4 nitrogen and oxygen atoms in total. The molecule has 5 heteroatoms. The first-order valence-electron chi connectivity index (χ1n) is 8.91. The van der Waals surface area contributed by atoms with Crippen LogP contribution in [0.15, 0.2) is 47.1 Å². The summed E-state index contributed by atoms with van der Waals surface area (Å²) in [5.41, 5.74) is 0.114. The van der Waals surface area contributed by atoms with Crippen molar-refractivity contribution in [3.05, 3.63) is 59.8 Å². The molecule has 1 saturated carbocycles. The predicted octanol–water partition coefficient (Wildman–Crippen LogP) is 3.93. The molecule has 1 aliphatic heterocycles. The number of piperidine rings is 1. The number of nitrogens with zero attached hydrogens (tertiary/aromatic N) is 1. The highest BCUT2D eigenvalue weighted by Gasteiger charge is 2.50. The molecule has 1 aromatic carbocycles. The second kappa shape index (κ2) is 6.30. The minimum atomic E-state index is -0.753. The van der Waals surface area contributed by atoms with Gasteiger partial charge in [0.25, 0.3) is 5.91 Å². The van der Waals surface area contributed by atoms with Gasteiger partial charge in [0, 0.05) is 12.5 Å². The van der Waals surface area contributed by atoms with Gasteiger partial charge in [-0.1, -0.05) is 25.0 Å². The number of furan rings is 1. The molecule has 4 rings (SSSR count). The van der Waals surface area contributed by atoms with Gasteiger partial charge >= 0.3 is 0 Å². The summed E-state index contributed by atoms with van der Waals surface area (Å²) >= 11 is 0. The number of halogens is 1. The molecule has 2 aromatic rings. The van der Waals surface area contributed by atoms with Crippen molar-refractivity contribution in [3.63, 3.8) is 0 Å². The van der Waals surface area contributed by atoms with E-state index in [4.69, 9.17) is 4.42 Å². The van der Waals surface area contributed by atoms with Gasteiger partial charge in [0.15, 0.2) is 5.76 Å². The maximum atomic E-state index is 13.4. The van der Waals surface area contributed by atoms with E-state index in [-0.39, 0.29) is 23.7 Å². The molecule has 2 aliphatic rings. The van der Waals surface area contributed by atoms with E-state index in [0.717, 1.165) is 31.2 Å². The Balaban J connectivity index is 1.74. The first-order chi connectivity index (χ1) is 12.1. The Kier molecular flexibility index (Phi) is 4.12. The van der Waals surface area contributed by atoms with E-state index in [1.807, 2.05) is 0 Å². The van der Waals surface area contributed by atoms with Crippen LogP contribution in [0.5, 0.6) is 0 Å². The lowest BCUT2D eigenvalue weighted by Gasteiger charge is -2.52. The number of rotatable bonds is 2. The van der Waals surface area contributed by atoms with Crippen LogP contribution in [0, 0.1) is 11.7 Å². The van der Waals surface area contributed by atoms with Crippen molar-refractivity contribution in [3.8, 4) is 0 Å². The fraction of sp³-hybridized carbons (Fsp3) is 0.450. The summed E-state index contributed by atoms with van der Waals surface area (Å²) in [6, 6.07) is 9.37. The van der Waals surface area contributed by atoms with Gasteiger partial charge in [-0.05, 0) is 49.1 Å². The number of benzene rings is 1. The fourth-order valence-electron chi connectivity index (χ4n) is 4.52. The minimum absolute atomic E-state index is 0.0422. The third-order valence-corrected chi connectivity index (χ3v) is 5.77. The molecule has 25 heavy (non-hydrogen) atoms. The molecule has 0 spiro atoms. The summed E-state index contributed by atoms with van der Waals surface area (Å²) in [5.74, 6) is -0.220. The fourth-order valence-corrected chi connectivity index (χ4v) is 4.52. The second-order valence-corrected chi connectivity index (χ2v) is 7.18. The van der Waals surface area contributed by atoms with Gasteiger partial charge in [-0.3, -0.25) is 4.79 Å². The molecule has 1 saturated heterocycles. The summed E-state index contributed by atoms with van der Waals surface area (Å²) in [4.78, 5) is 14.8. The number of fused-ring (bicyclic) bond motifs is 1. The van der Waals surface area contributed by atoms with Crippen LogP contribution in [0.25, 0.3) is 0 Å². The van der Waals surface area contributed by atoms with Gasteiger partial charge in [-0.2, -0.15) is 0 Å². The molecule has 1 aromatic heterocycles. The largest absolute Gasteiger partial charge is 0.459 e. The SMILES string of the molecule is O=C(c1ccco1)N1CC[C@]2(O)CCCC[C@H]2[C@H]1c1ccc(F)cc1. The van der Waals surface area contributed by atoms with Crippen molar-refractivity contribution in [2.45, 2.75) is 43.7 Å². The van der Waals surface area contributed by atoms with Crippen LogP contribution in [0.3, 0.4) is 0 Å². The van der Waals surface area contributed by atoms with Crippen LogP contribution < -0.4 is 0 Å². The van der Waals surface area contributed by atoms with Crippen LogP contribution in [0.2, 0.25) is 0 Å². The van der Waals surface area contributed by atoms with Crippen molar-refractivity contribution in [1.29, 1.82) is 0 Å². The molecule has 0 radical (unpaired) electrons. The number of hydrogen-bond donors (Lipinski definition) is 1. The average molecular weight is 343 g/mol. The van der Waals surface area contributed by atoms with Gasteiger partial charge in [0.2, 0.25) is 0 Å². The summed E-state index contributed by atoms with van der Waals surface area (Å²) in [5, 5.41) is 11.2. The van der Waals surface area contributed by atoms with Crippen LogP contribution in [-0.2, 0) is 0 Å². The lowest BCUT2D eigenvalue weighted by Crippen LogP contribution is -2.56. The number of carbonyl (C=O) groups excluding carboxylic acids is 1. The van der Waals surface area contributed by atoms with E-state index in [1.54, 1.807) is 29.2 Å². The highest BCUT2D eigenvalue weighted by atomic mass is 19.1. The van der Waals surface area contributed by atoms with Crippen LogP contribution in [0.4, 0.5) is 4.39 Å². The zero-order valence-electron chi connectivity index (χ0n) is 14.0. The van der Waals surface area contributed by atoms with Crippen LogP contribution in [-0.4, -0.2) is 28.1 Å². The number of hydrogen-bond acceptors (Lipinski definition) is 3. The van der Waals surface area contributed by atoms with Crippen molar-refractivity contribution < 1.29 is 18.7 Å². The molecule has 1 aliphatic carbocycles. The Morgan fingerprint density at radius 2 is 2.00 bits per heavy atom. The van der Waals surface area contributed by atoms with E-state index < -0.39 is 5.60 Å². The zero-order chi connectivity index (χ0) is 17.4. The third kappa shape index (κ3) is 2.86. The first-order valence-corrected chi connectivity index (χ1v) is 8.91. The van der Waals surface area contributed by atoms with Gasteiger partial charge in [0.05, 0.1) is 17.9 Å². The Labute approximate surface area is 146 Å². The van der Waals surface area contributed by atoms with E-state index >= 15 is 0 Å². The lowest BCUT2D eigenvalue weighted by atomic mass is 9.66. The molecule has 1 amide bonds. The third-order valence-electron chi connectivity index (χ3n) is 5.77. The molecule has 132 valence electrons. The first kappa shape index (κ1) is 16.3. The normalized spacial score (nSPS) is 29.3. The lowest BCUT2D eigenvalue weighted by molar-refractivity contribution is -0.115. The second-order valence-electron chi connectivity index (χ2n) is 7.18. The monoisotopic (exact) mass is 343 g/mol. The zero-order valence-corrected chi connectivity index (χ0v) is 14.0. The smallest absolute Gasteiger partial charge is 0.290 e. The van der Waals surface area contributed by atoms with Gasteiger partial charge in [-0.15, -0.1) is 0 Å².